The predicted molar refractivity (Wildman–Crippen MR) is 65.9 cm³/mol. The molecule has 0 saturated heterocycles. The van der Waals surface area contributed by atoms with Gasteiger partial charge in [-0.2, -0.15) is 0 Å². The molecule has 1 heterocycles. The SMILES string of the molecule is Cc1cccnc1CNCc1ccccc1F. The second-order valence-electron chi connectivity index (χ2n) is 3.96. The molecule has 0 saturated carbocycles. The fraction of sp³-hybridized carbons (Fsp3) is 0.214. The number of rotatable bonds is 4. The molecule has 0 atom stereocenters. The Hall–Kier alpha value is -1.74. The monoisotopic (exact) mass is 230 g/mol. The van der Waals surface area contributed by atoms with E-state index in [4.69, 9.17) is 0 Å². The molecule has 1 aromatic carbocycles. The number of nitrogens with one attached hydrogen (secondary N) is 1. The number of benzene rings is 1. The van der Waals surface area contributed by atoms with Crippen LogP contribution in [0.4, 0.5) is 4.39 Å². The van der Waals surface area contributed by atoms with Crippen LogP contribution in [0.25, 0.3) is 0 Å². The van der Waals surface area contributed by atoms with Gasteiger partial charge in [0, 0.05) is 24.8 Å². The Morgan fingerprint density at radius 1 is 1.12 bits per heavy atom. The lowest BCUT2D eigenvalue weighted by atomic mass is 10.2. The second kappa shape index (κ2) is 5.55. The fourth-order valence-corrected chi connectivity index (χ4v) is 1.66. The summed E-state index contributed by atoms with van der Waals surface area (Å²) in [5.74, 6) is -0.169. The summed E-state index contributed by atoms with van der Waals surface area (Å²) in [6.07, 6.45) is 1.77. The third kappa shape index (κ3) is 3.11. The third-order valence-electron chi connectivity index (χ3n) is 2.68. The largest absolute Gasteiger partial charge is 0.307 e. The van der Waals surface area contributed by atoms with Crippen LogP contribution in [0.2, 0.25) is 0 Å². The van der Waals surface area contributed by atoms with E-state index >= 15 is 0 Å². The number of nitrogens with zero attached hydrogens (tertiary/aromatic N) is 1. The van der Waals surface area contributed by atoms with Gasteiger partial charge in [0.2, 0.25) is 0 Å². The Balaban J connectivity index is 1.93. The van der Waals surface area contributed by atoms with Crippen molar-refractivity contribution < 1.29 is 4.39 Å². The fourth-order valence-electron chi connectivity index (χ4n) is 1.66. The second-order valence-corrected chi connectivity index (χ2v) is 3.96. The van der Waals surface area contributed by atoms with Gasteiger partial charge in [-0.15, -0.1) is 0 Å². The van der Waals surface area contributed by atoms with E-state index in [0.29, 0.717) is 18.7 Å². The van der Waals surface area contributed by atoms with Crippen LogP contribution < -0.4 is 5.32 Å². The molecule has 0 radical (unpaired) electrons. The maximum absolute atomic E-state index is 13.3. The first kappa shape index (κ1) is 11.7. The first-order valence-corrected chi connectivity index (χ1v) is 5.62. The zero-order valence-corrected chi connectivity index (χ0v) is 9.78. The lowest BCUT2D eigenvalue weighted by Gasteiger charge is -2.07. The maximum Gasteiger partial charge on any atom is 0.127 e. The van der Waals surface area contributed by atoms with E-state index in [1.807, 2.05) is 25.1 Å². The van der Waals surface area contributed by atoms with Gasteiger partial charge in [-0.25, -0.2) is 4.39 Å². The van der Waals surface area contributed by atoms with E-state index < -0.39 is 0 Å². The van der Waals surface area contributed by atoms with E-state index in [0.717, 1.165) is 11.3 Å². The highest BCUT2D eigenvalue weighted by molar-refractivity contribution is 5.19. The van der Waals surface area contributed by atoms with Crippen molar-refractivity contribution in [1.82, 2.24) is 10.3 Å². The summed E-state index contributed by atoms with van der Waals surface area (Å²) < 4.78 is 13.3. The number of hydrogen-bond acceptors (Lipinski definition) is 2. The van der Waals surface area contributed by atoms with Gasteiger partial charge in [-0.3, -0.25) is 4.98 Å². The molecule has 2 aromatic rings. The molecule has 0 spiro atoms. The van der Waals surface area contributed by atoms with Crippen LogP contribution in [0, 0.1) is 12.7 Å². The molecule has 2 nitrogen and oxygen atoms in total. The number of pyridine rings is 1. The van der Waals surface area contributed by atoms with E-state index in [2.05, 4.69) is 10.3 Å². The Kier molecular flexibility index (Phi) is 3.83. The predicted octanol–water partition coefficient (Wildman–Crippen LogP) is 2.82. The number of aryl methyl sites for hydroxylation is 1. The van der Waals surface area contributed by atoms with E-state index in [9.17, 15) is 4.39 Å². The first-order chi connectivity index (χ1) is 8.27. The average molecular weight is 230 g/mol. The highest BCUT2D eigenvalue weighted by atomic mass is 19.1. The Labute approximate surface area is 101 Å². The molecule has 1 aromatic heterocycles. The summed E-state index contributed by atoms with van der Waals surface area (Å²) in [6.45, 7) is 3.19. The van der Waals surface area contributed by atoms with Crippen LogP contribution in [0.15, 0.2) is 42.6 Å². The van der Waals surface area contributed by atoms with Crippen molar-refractivity contribution in [2.24, 2.45) is 0 Å². The van der Waals surface area contributed by atoms with Crippen LogP contribution in [-0.4, -0.2) is 4.98 Å². The number of aromatic nitrogens is 1. The highest BCUT2D eigenvalue weighted by Crippen LogP contribution is 2.07. The van der Waals surface area contributed by atoms with Gasteiger partial charge in [0.1, 0.15) is 5.82 Å². The highest BCUT2D eigenvalue weighted by Gasteiger charge is 2.01. The van der Waals surface area contributed by atoms with E-state index in [1.54, 1.807) is 18.3 Å². The van der Waals surface area contributed by atoms with Crippen molar-refractivity contribution in [3.05, 3.63) is 65.2 Å². The van der Waals surface area contributed by atoms with Crippen LogP contribution in [-0.2, 0) is 13.1 Å². The quantitative estimate of drug-likeness (QED) is 0.873. The summed E-state index contributed by atoms with van der Waals surface area (Å²) in [5, 5.41) is 3.20. The van der Waals surface area contributed by atoms with Crippen molar-refractivity contribution in [3.63, 3.8) is 0 Å². The summed E-state index contributed by atoms with van der Waals surface area (Å²) in [5.41, 5.74) is 2.83. The van der Waals surface area contributed by atoms with Gasteiger partial charge >= 0.3 is 0 Å². The van der Waals surface area contributed by atoms with Gasteiger partial charge in [0.05, 0.1) is 5.69 Å². The molecule has 0 aliphatic carbocycles. The van der Waals surface area contributed by atoms with Gasteiger partial charge < -0.3 is 5.32 Å². The minimum absolute atomic E-state index is 0.169. The number of hydrogen-bond donors (Lipinski definition) is 1. The summed E-state index contributed by atoms with van der Waals surface area (Å²) in [7, 11) is 0. The van der Waals surface area contributed by atoms with Gasteiger partial charge in [0.15, 0.2) is 0 Å². The smallest absolute Gasteiger partial charge is 0.127 e. The van der Waals surface area contributed by atoms with Crippen LogP contribution in [0.5, 0.6) is 0 Å². The molecule has 17 heavy (non-hydrogen) atoms. The zero-order valence-electron chi connectivity index (χ0n) is 9.78. The topological polar surface area (TPSA) is 24.9 Å². The molecule has 0 fully saturated rings. The Morgan fingerprint density at radius 2 is 1.94 bits per heavy atom. The minimum atomic E-state index is -0.169. The maximum atomic E-state index is 13.3. The normalized spacial score (nSPS) is 10.5. The third-order valence-corrected chi connectivity index (χ3v) is 2.68. The molecule has 0 aliphatic rings. The standard InChI is InChI=1S/C14H15FN2/c1-11-5-4-8-17-14(11)10-16-9-12-6-2-3-7-13(12)15/h2-8,16H,9-10H2,1H3. The van der Waals surface area contributed by atoms with E-state index in [1.165, 1.54) is 6.07 Å². The molecule has 2 rings (SSSR count). The summed E-state index contributed by atoms with van der Waals surface area (Å²) in [4.78, 5) is 4.28. The molecule has 0 unspecified atom stereocenters. The molecular formula is C14H15FN2. The Morgan fingerprint density at radius 3 is 2.71 bits per heavy atom. The molecule has 0 aliphatic heterocycles. The van der Waals surface area contributed by atoms with E-state index in [-0.39, 0.29) is 5.82 Å². The summed E-state index contributed by atoms with van der Waals surface area (Å²) >= 11 is 0. The molecule has 0 bridgehead atoms. The first-order valence-electron chi connectivity index (χ1n) is 5.62. The minimum Gasteiger partial charge on any atom is -0.307 e. The Bertz CT molecular complexity index is 452. The number of halogens is 1. The molecular weight excluding hydrogens is 215 g/mol. The van der Waals surface area contributed by atoms with Gasteiger partial charge in [-0.05, 0) is 24.6 Å². The zero-order chi connectivity index (χ0) is 12.1. The van der Waals surface area contributed by atoms with Gasteiger partial charge in [-0.1, -0.05) is 24.3 Å². The lowest BCUT2D eigenvalue weighted by molar-refractivity contribution is 0.585. The van der Waals surface area contributed by atoms with Crippen LogP contribution in [0.3, 0.4) is 0 Å². The van der Waals surface area contributed by atoms with Crippen molar-refractivity contribution >= 4 is 0 Å². The van der Waals surface area contributed by atoms with Crippen molar-refractivity contribution in [2.45, 2.75) is 20.0 Å². The molecule has 1 N–H and O–H groups in total. The molecule has 88 valence electrons. The molecule has 0 amide bonds. The van der Waals surface area contributed by atoms with Crippen molar-refractivity contribution in [3.8, 4) is 0 Å². The summed E-state index contributed by atoms with van der Waals surface area (Å²) in [6, 6.07) is 10.7. The molecule has 3 heteroatoms. The van der Waals surface area contributed by atoms with Crippen LogP contribution >= 0.6 is 0 Å². The van der Waals surface area contributed by atoms with Gasteiger partial charge in [0.25, 0.3) is 0 Å². The van der Waals surface area contributed by atoms with Crippen molar-refractivity contribution in [2.75, 3.05) is 0 Å². The van der Waals surface area contributed by atoms with Crippen LogP contribution in [0.1, 0.15) is 16.8 Å². The lowest BCUT2D eigenvalue weighted by Crippen LogP contribution is -2.15. The van der Waals surface area contributed by atoms with Crippen molar-refractivity contribution in [1.29, 1.82) is 0 Å². The average Bonchev–Trinajstić information content (AvgIpc) is 2.34.